The molecule has 0 aromatic heterocycles. The maximum Gasteiger partial charge on any atom is 0.259 e. The number of halogens is 1. The molecule has 1 unspecified atom stereocenters. The molecule has 1 N–H and O–H groups in total. The van der Waals surface area contributed by atoms with Gasteiger partial charge in [-0.15, -0.1) is 0 Å². The van der Waals surface area contributed by atoms with Crippen LogP contribution in [0.3, 0.4) is 0 Å². The minimum atomic E-state index is -0.690. The quantitative estimate of drug-likeness (QED) is 0.235. The minimum Gasteiger partial charge on any atom is -0.379 e. The van der Waals surface area contributed by atoms with Gasteiger partial charge in [-0.3, -0.25) is 24.6 Å². The van der Waals surface area contributed by atoms with Crippen molar-refractivity contribution in [3.05, 3.63) is 41.5 Å². The van der Waals surface area contributed by atoms with E-state index in [0.29, 0.717) is 37.5 Å². The van der Waals surface area contributed by atoms with Crippen LogP contribution in [0.2, 0.25) is 0 Å². The largest absolute Gasteiger partial charge is 0.379 e. The number of nitrogens with one attached hydrogen (secondary N) is 1. The number of imide groups is 1. The lowest BCUT2D eigenvalue weighted by atomic mass is 10.0. The van der Waals surface area contributed by atoms with Crippen LogP contribution in [0.15, 0.2) is 24.8 Å². The number of nitrogens with zero attached hydrogens (tertiary/aromatic N) is 1. The Labute approximate surface area is 180 Å². The topological polar surface area (TPSA) is 84.9 Å². The van der Waals surface area contributed by atoms with Crippen molar-refractivity contribution in [3.8, 4) is 0 Å². The van der Waals surface area contributed by atoms with Crippen molar-refractivity contribution in [3.63, 3.8) is 0 Å². The standard InChI is InChI=1S/C19H21IN2O5S/c1-12-15-11-13(3-2-8-26-9-10-27-28-20)4-5-14(15)19(25)22(12)16-6-7-17(23)21-18(16)24/h4-5,11,16H,1-3,6-10H2,(H,21,23,24). The van der Waals surface area contributed by atoms with Crippen molar-refractivity contribution in [2.45, 2.75) is 31.7 Å². The fourth-order valence-electron chi connectivity index (χ4n) is 3.42. The van der Waals surface area contributed by atoms with Gasteiger partial charge in [0.15, 0.2) is 0 Å². The molecule has 0 radical (unpaired) electrons. The summed E-state index contributed by atoms with van der Waals surface area (Å²) in [6, 6.07) is 4.98. The summed E-state index contributed by atoms with van der Waals surface area (Å²) in [5.74, 6) is -0.987. The van der Waals surface area contributed by atoms with Crippen LogP contribution >= 0.6 is 30.4 Å². The molecule has 7 nitrogen and oxygen atoms in total. The highest BCUT2D eigenvalue weighted by Gasteiger charge is 2.41. The van der Waals surface area contributed by atoms with Crippen molar-refractivity contribution >= 4 is 53.8 Å². The lowest BCUT2D eigenvalue weighted by Gasteiger charge is -2.30. The first-order chi connectivity index (χ1) is 13.5. The summed E-state index contributed by atoms with van der Waals surface area (Å²) in [6.45, 7) is 5.79. The summed E-state index contributed by atoms with van der Waals surface area (Å²) in [4.78, 5) is 37.8. The molecule has 150 valence electrons. The zero-order valence-corrected chi connectivity index (χ0v) is 18.2. The summed E-state index contributed by atoms with van der Waals surface area (Å²) < 4.78 is 10.6. The molecule has 2 aliphatic rings. The Hall–Kier alpha value is -1.43. The number of amides is 3. The first-order valence-electron chi connectivity index (χ1n) is 9.00. The summed E-state index contributed by atoms with van der Waals surface area (Å²) in [5, 5.41) is 2.30. The van der Waals surface area contributed by atoms with Gasteiger partial charge in [0.25, 0.3) is 5.91 Å². The van der Waals surface area contributed by atoms with E-state index in [9.17, 15) is 14.4 Å². The molecule has 1 aromatic rings. The summed E-state index contributed by atoms with van der Waals surface area (Å²) >= 11 is 2.07. The molecule has 0 saturated carbocycles. The molecule has 1 atom stereocenters. The second-order valence-corrected chi connectivity index (χ2v) is 8.01. The highest BCUT2D eigenvalue weighted by Crippen LogP contribution is 2.35. The van der Waals surface area contributed by atoms with E-state index in [0.717, 1.165) is 24.0 Å². The maximum atomic E-state index is 12.8. The number of hydrogen-bond donors (Lipinski definition) is 1. The predicted octanol–water partition coefficient (Wildman–Crippen LogP) is 2.88. The highest BCUT2D eigenvalue weighted by atomic mass is 127. The van der Waals surface area contributed by atoms with Crippen LogP contribution in [0, 0.1) is 0 Å². The molecule has 1 saturated heterocycles. The van der Waals surface area contributed by atoms with Crippen molar-refractivity contribution in [2.24, 2.45) is 0 Å². The van der Waals surface area contributed by atoms with Gasteiger partial charge in [-0.25, -0.2) is 0 Å². The molecule has 1 fully saturated rings. The van der Waals surface area contributed by atoms with Crippen LogP contribution in [0.5, 0.6) is 0 Å². The average Bonchev–Trinajstić information content (AvgIpc) is 2.92. The molecular weight excluding hydrogens is 495 g/mol. The van der Waals surface area contributed by atoms with Gasteiger partial charge in [0.2, 0.25) is 11.8 Å². The van der Waals surface area contributed by atoms with Gasteiger partial charge in [0.05, 0.1) is 22.4 Å². The zero-order valence-electron chi connectivity index (χ0n) is 15.2. The van der Waals surface area contributed by atoms with Crippen molar-refractivity contribution in [2.75, 3.05) is 19.8 Å². The molecule has 0 spiro atoms. The Morgan fingerprint density at radius 3 is 2.79 bits per heavy atom. The summed E-state index contributed by atoms with van der Waals surface area (Å²) in [5.41, 5.74) is 2.89. The Kier molecular flexibility index (Phi) is 7.49. The number of fused-ring (bicyclic) bond motifs is 1. The van der Waals surface area contributed by atoms with Gasteiger partial charge in [0, 0.05) is 51.1 Å². The normalized spacial score (nSPS) is 19.2. The van der Waals surface area contributed by atoms with Crippen molar-refractivity contribution in [1.29, 1.82) is 0 Å². The first kappa shape index (κ1) is 21.3. The third-order valence-electron chi connectivity index (χ3n) is 4.77. The Bertz CT molecular complexity index is 801. The number of carbonyl (C=O) groups excluding carboxylic acids is 3. The average molecular weight is 516 g/mol. The van der Waals surface area contributed by atoms with Gasteiger partial charge in [-0.2, -0.15) is 0 Å². The number of benzene rings is 1. The van der Waals surface area contributed by atoms with Crippen molar-refractivity contribution < 1.29 is 23.3 Å². The van der Waals surface area contributed by atoms with E-state index >= 15 is 0 Å². The van der Waals surface area contributed by atoms with E-state index in [1.807, 2.05) is 12.1 Å². The third kappa shape index (κ3) is 4.76. The summed E-state index contributed by atoms with van der Waals surface area (Å²) in [7, 11) is 1.29. The molecule has 9 heteroatoms. The second-order valence-electron chi connectivity index (χ2n) is 6.57. The van der Waals surface area contributed by atoms with Crippen LogP contribution in [0.1, 0.15) is 40.7 Å². The molecule has 2 aliphatic heterocycles. The molecule has 3 rings (SSSR count). The zero-order chi connectivity index (χ0) is 20.1. The van der Waals surface area contributed by atoms with Gasteiger partial charge >= 0.3 is 0 Å². The van der Waals surface area contributed by atoms with Crippen LogP contribution in [0.4, 0.5) is 0 Å². The SMILES string of the molecule is C=C1c2cc(CCCOCCOSI)ccc2C(=O)N1C1CCC(=O)NC1=O. The van der Waals surface area contributed by atoms with E-state index in [1.165, 1.54) is 14.1 Å². The molecule has 28 heavy (non-hydrogen) atoms. The fraction of sp³-hybridized carbons (Fsp3) is 0.421. The van der Waals surface area contributed by atoms with Gasteiger partial charge < -0.3 is 8.92 Å². The van der Waals surface area contributed by atoms with Gasteiger partial charge in [0.1, 0.15) is 6.04 Å². The third-order valence-corrected chi connectivity index (χ3v) is 5.78. The lowest BCUT2D eigenvalue weighted by Crippen LogP contribution is -2.52. The molecule has 0 aliphatic carbocycles. The minimum absolute atomic E-state index is 0.219. The number of aryl methyl sites for hydroxylation is 1. The van der Waals surface area contributed by atoms with E-state index in [2.05, 4.69) is 33.1 Å². The Morgan fingerprint density at radius 2 is 2.04 bits per heavy atom. The Balaban J connectivity index is 1.60. The van der Waals surface area contributed by atoms with Crippen LogP contribution in [-0.2, 0) is 24.9 Å². The summed E-state index contributed by atoms with van der Waals surface area (Å²) in [6.07, 6.45) is 2.20. The van der Waals surface area contributed by atoms with E-state index in [1.54, 1.807) is 6.07 Å². The molecule has 3 amide bonds. The van der Waals surface area contributed by atoms with Crippen LogP contribution in [0.25, 0.3) is 5.70 Å². The number of piperidine rings is 1. The maximum absolute atomic E-state index is 12.8. The predicted molar refractivity (Wildman–Crippen MR) is 115 cm³/mol. The van der Waals surface area contributed by atoms with E-state index in [-0.39, 0.29) is 18.2 Å². The lowest BCUT2D eigenvalue weighted by molar-refractivity contribution is -0.136. The van der Waals surface area contributed by atoms with Crippen LogP contribution in [-0.4, -0.2) is 48.5 Å². The number of rotatable bonds is 9. The van der Waals surface area contributed by atoms with E-state index in [4.69, 9.17) is 8.92 Å². The second kappa shape index (κ2) is 9.86. The number of hydrogen-bond acceptors (Lipinski definition) is 6. The van der Waals surface area contributed by atoms with E-state index < -0.39 is 11.9 Å². The molecular formula is C19H21IN2O5S. The molecule has 1 aromatic carbocycles. The van der Waals surface area contributed by atoms with Gasteiger partial charge in [-0.1, -0.05) is 12.6 Å². The molecule has 2 heterocycles. The van der Waals surface area contributed by atoms with Crippen LogP contribution < -0.4 is 5.32 Å². The number of carbonyl (C=O) groups is 3. The monoisotopic (exact) mass is 516 g/mol. The van der Waals surface area contributed by atoms with Gasteiger partial charge in [-0.05, 0) is 37.0 Å². The fourth-order valence-corrected chi connectivity index (χ4v) is 4.09. The van der Waals surface area contributed by atoms with Crippen molar-refractivity contribution in [1.82, 2.24) is 10.2 Å². The number of ether oxygens (including phenoxy) is 1. The first-order valence-corrected chi connectivity index (χ1v) is 12.3. The highest BCUT2D eigenvalue weighted by molar-refractivity contribution is 14.2. The smallest absolute Gasteiger partial charge is 0.259 e. The Morgan fingerprint density at radius 1 is 1.21 bits per heavy atom. The molecule has 0 bridgehead atoms.